The van der Waals surface area contributed by atoms with E-state index >= 15 is 0 Å². The Hall–Kier alpha value is -1.40. The summed E-state index contributed by atoms with van der Waals surface area (Å²) in [6, 6.07) is 3.54. The maximum Gasteiger partial charge on any atom is 0.321 e. The number of hydrogen-bond acceptors (Lipinski definition) is 4. The highest BCUT2D eigenvalue weighted by molar-refractivity contribution is 7.09. The van der Waals surface area contributed by atoms with E-state index < -0.39 is 6.03 Å². The molecule has 1 rings (SSSR count). The molecule has 6 heteroatoms. The minimum atomic E-state index is -0.456. The third-order valence-corrected chi connectivity index (χ3v) is 3.02. The van der Waals surface area contributed by atoms with Gasteiger partial charge in [-0.3, -0.25) is 15.0 Å². The van der Waals surface area contributed by atoms with Gasteiger partial charge in [0.1, 0.15) is 0 Å². The van der Waals surface area contributed by atoms with Gasteiger partial charge in [0.2, 0.25) is 5.91 Å². The molecular weight excluding hydrogens is 262 g/mol. The van der Waals surface area contributed by atoms with Crippen molar-refractivity contribution in [1.29, 1.82) is 0 Å². The van der Waals surface area contributed by atoms with Gasteiger partial charge in [0.05, 0.1) is 6.54 Å². The highest BCUT2D eigenvalue weighted by atomic mass is 32.1. The Morgan fingerprint density at radius 1 is 1.37 bits per heavy atom. The largest absolute Gasteiger partial charge is 0.333 e. The van der Waals surface area contributed by atoms with E-state index in [9.17, 15) is 9.59 Å². The van der Waals surface area contributed by atoms with Gasteiger partial charge in [-0.1, -0.05) is 6.07 Å². The van der Waals surface area contributed by atoms with Crippen molar-refractivity contribution in [1.82, 2.24) is 15.5 Å². The zero-order valence-electron chi connectivity index (χ0n) is 11.8. The summed E-state index contributed by atoms with van der Waals surface area (Å²) >= 11 is 1.65. The van der Waals surface area contributed by atoms with Gasteiger partial charge in [0.15, 0.2) is 0 Å². The Morgan fingerprint density at radius 3 is 2.58 bits per heavy atom. The molecule has 3 amide bonds. The number of hydrogen-bond donors (Lipinski definition) is 2. The first-order chi connectivity index (χ1) is 8.76. The smallest absolute Gasteiger partial charge is 0.321 e. The minimum Gasteiger partial charge on any atom is -0.333 e. The first-order valence-corrected chi connectivity index (χ1v) is 6.97. The summed E-state index contributed by atoms with van der Waals surface area (Å²) in [5.74, 6) is -0.305. The number of imide groups is 1. The summed E-state index contributed by atoms with van der Waals surface area (Å²) in [4.78, 5) is 26.2. The molecule has 0 spiro atoms. The van der Waals surface area contributed by atoms with Crippen LogP contribution in [0.25, 0.3) is 0 Å². The number of nitrogens with one attached hydrogen (secondary N) is 2. The number of likely N-dealkylation sites (N-methyl/N-ethyl adjacent to an activating group) is 1. The van der Waals surface area contributed by atoms with Crippen molar-refractivity contribution in [2.24, 2.45) is 0 Å². The van der Waals surface area contributed by atoms with E-state index in [1.54, 1.807) is 11.3 Å². The zero-order valence-corrected chi connectivity index (χ0v) is 12.6. The van der Waals surface area contributed by atoms with Crippen LogP contribution in [0.2, 0.25) is 0 Å². The fraction of sp³-hybridized carbons (Fsp3) is 0.538. The summed E-state index contributed by atoms with van der Waals surface area (Å²) in [6.45, 7) is 6.47. The van der Waals surface area contributed by atoms with Gasteiger partial charge in [-0.25, -0.2) is 4.79 Å². The Labute approximate surface area is 118 Å². The molecule has 1 aromatic rings. The Kier molecular flexibility index (Phi) is 5.50. The van der Waals surface area contributed by atoms with Gasteiger partial charge in [0, 0.05) is 17.0 Å². The fourth-order valence-corrected chi connectivity index (χ4v) is 2.29. The first-order valence-electron chi connectivity index (χ1n) is 6.09. The van der Waals surface area contributed by atoms with Crippen LogP contribution in [0.4, 0.5) is 4.79 Å². The molecular formula is C13H21N3O2S. The van der Waals surface area contributed by atoms with Crippen molar-refractivity contribution in [3.05, 3.63) is 22.4 Å². The van der Waals surface area contributed by atoms with Crippen molar-refractivity contribution >= 4 is 23.3 Å². The van der Waals surface area contributed by atoms with Crippen LogP contribution in [0, 0.1) is 0 Å². The predicted octanol–water partition coefficient (Wildman–Crippen LogP) is 1.80. The second-order valence-corrected chi connectivity index (χ2v) is 6.54. The fourth-order valence-electron chi connectivity index (χ4n) is 1.51. The van der Waals surface area contributed by atoms with Crippen LogP contribution < -0.4 is 10.6 Å². The molecule has 1 heterocycles. The molecule has 0 fully saturated rings. The second kappa shape index (κ2) is 6.68. The number of amides is 3. The van der Waals surface area contributed by atoms with Crippen molar-refractivity contribution in [3.63, 3.8) is 0 Å². The van der Waals surface area contributed by atoms with Crippen LogP contribution in [0.3, 0.4) is 0 Å². The van der Waals surface area contributed by atoms with Gasteiger partial charge in [0.25, 0.3) is 0 Å². The van der Waals surface area contributed by atoms with Gasteiger partial charge >= 0.3 is 6.03 Å². The summed E-state index contributed by atoms with van der Waals surface area (Å²) in [5, 5.41) is 7.00. The maximum atomic E-state index is 11.7. The van der Waals surface area contributed by atoms with Gasteiger partial charge < -0.3 is 5.32 Å². The van der Waals surface area contributed by atoms with Crippen LogP contribution in [0.5, 0.6) is 0 Å². The predicted molar refractivity (Wildman–Crippen MR) is 77.1 cm³/mol. The lowest BCUT2D eigenvalue weighted by molar-refractivity contribution is -0.120. The highest BCUT2D eigenvalue weighted by Gasteiger charge is 2.16. The molecule has 0 aliphatic carbocycles. The van der Waals surface area contributed by atoms with E-state index in [4.69, 9.17) is 0 Å². The SMILES string of the molecule is CN(CC(=O)NC(=O)NC(C)(C)C)Cc1cccs1. The summed E-state index contributed by atoms with van der Waals surface area (Å²) in [7, 11) is 1.85. The van der Waals surface area contributed by atoms with Gasteiger partial charge in [-0.15, -0.1) is 11.3 Å². The van der Waals surface area contributed by atoms with Gasteiger partial charge in [-0.05, 0) is 39.3 Å². The van der Waals surface area contributed by atoms with E-state index in [2.05, 4.69) is 10.6 Å². The molecule has 0 saturated carbocycles. The monoisotopic (exact) mass is 283 g/mol. The third kappa shape index (κ3) is 6.93. The van der Waals surface area contributed by atoms with Gasteiger partial charge in [-0.2, -0.15) is 0 Å². The quantitative estimate of drug-likeness (QED) is 0.886. The van der Waals surface area contributed by atoms with Crippen molar-refractivity contribution in [2.45, 2.75) is 32.9 Å². The third-order valence-electron chi connectivity index (χ3n) is 2.16. The lowest BCUT2D eigenvalue weighted by Gasteiger charge is -2.21. The molecule has 5 nitrogen and oxygen atoms in total. The molecule has 0 radical (unpaired) electrons. The standard InChI is InChI=1S/C13H21N3O2S/c1-13(2,3)15-12(18)14-11(17)9-16(4)8-10-6-5-7-19-10/h5-7H,8-9H2,1-4H3,(H2,14,15,17,18). The topological polar surface area (TPSA) is 61.4 Å². The molecule has 0 bridgehead atoms. The van der Waals surface area contributed by atoms with Crippen LogP contribution in [-0.2, 0) is 11.3 Å². The normalized spacial score (nSPS) is 11.4. The van der Waals surface area contributed by atoms with Crippen LogP contribution >= 0.6 is 11.3 Å². The van der Waals surface area contributed by atoms with E-state index in [1.165, 1.54) is 4.88 Å². The van der Waals surface area contributed by atoms with Crippen molar-refractivity contribution in [3.8, 4) is 0 Å². The summed E-state index contributed by atoms with van der Waals surface area (Å²) in [5.41, 5.74) is -0.354. The average molecular weight is 283 g/mol. The number of carbonyl (C=O) groups excluding carboxylic acids is 2. The lowest BCUT2D eigenvalue weighted by atomic mass is 10.1. The first kappa shape index (κ1) is 15.7. The van der Waals surface area contributed by atoms with Crippen LogP contribution in [-0.4, -0.2) is 36.0 Å². The zero-order chi connectivity index (χ0) is 14.5. The maximum absolute atomic E-state index is 11.7. The number of carbonyl (C=O) groups is 2. The minimum absolute atomic E-state index is 0.190. The second-order valence-electron chi connectivity index (χ2n) is 5.50. The number of nitrogens with zero attached hydrogens (tertiary/aromatic N) is 1. The van der Waals surface area contributed by atoms with Crippen molar-refractivity contribution < 1.29 is 9.59 Å². The van der Waals surface area contributed by atoms with Crippen LogP contribution in [0.1, 0.15) is 25.6 Å². The van der Waals surface area contributed by atoms with E-state index in [0.717, 1.165) is 0 Å². The van der Waals surface area contributed by atoms with E-state index in [0.29, 0.717) is 6.54 Å². The Morgan fingerprint density at radius 2 is 2.05 bits per heavy atom. The molecule has 19 heavy (non-hydrogen) atoms. The molecule has 1 aromatic heterocycles. The molecule has 0 atom stereocenters. The Balaban J connectivity index is 2.32. The summed E-state index contributed by atoms with van der Waals surface area (Å²) in [6.07, 6.45) is 0. The molecule has 0 unspecified atom stereocenters. The molecule has 0 aliphatic heterocycles. The van der Waals surface area contributed by atoms with Crippen molar-refractivity contribution in [2.75, 3.05) is 13.6 Å². The van der Waals surface area contributed by atoms with E-state index in [1.807, 2.05) is 50.2 Å². The molecule has 0 aliphatic rings. The molecule has 0 saturated heterocycles. The molecule has 0 aromatic carbocycles. The number of rotatable bonds is 4. The number of urea groups is 1. The molecule has 106 valence electrons. The average Bonchev–Trinajstić information content (AvgIpc) is 2.65. The lowest BCUT2D eigenvalue weighted by Crippen LogP contribution is -2.50. The molecule has 2 N–H and O–H groups in total. The Bertz CT molecular complexity index is 424. The summed E-state index contributed by atoms with van der Waals surface area (Å²) < 4.78 is 0. The highest BCUT2D eigenvalue weighted by Crippen LogP contribution is 2.10. The van der Waals surface area contributed by atoms with Crippen LogP contribution in [0.15, 0.2) is 17.5 Å². The number of thiophene rings is 1. The van der Waals surface area contributed by atoms with E-state index in [-0.39, 0.29) is 18.0 Å².